The first-order valence-electron chi connectivity index (χ1n) is 6.06. The Morgan fingerprint density at radius 2 is 1.23 bits per heavy atom. The van der Waals surface area contributed by atoms with Crippen molar-refractivity contribution in [1.29, 1.82) is 0 Å². The van der Waals surface area contributed by atoms with Crippen molar-refractivity contribution >= 4 is 33.7 Å². The third-order valence-electron chi connectivity index (χ3n) is 2.63. The van der Waals surface area contributed by atoms with Crippen LogP contribution in [0.4, 0.5) is 0 Å². The molecule has 3 rings (SSSR count). The quantitative estimate of drug-likeness (QED) is 0.357. The van der Waals surface area contributed by atoms with Crippen molar-refractivity contribution in [3.8, 4) is 0 Å². The molecule has 0 bridgehead atoms. The van der Waals surface area contributed by atoms with Gasteiger partial charge in [-0.05, 0) is 12.1 Å². The molecule has 1 radical (unpaired) electrons. The normalized spacial score (nSPS) is 9.45. The minimum absolute atomic E-state index is 0. The van der Waals surface area contributed by atoms with Crippen LogP contribution in [0.3, 0.4) is 0 Å². The molecule has 0 spiro atoms. The predicted octanol–water partition coefficient (Wildman–Crippen LogP) is -0.343. The van der Waals surface area contributed by atoms with Crippen molar-refractivity contribution in [2.75, 3.05) is 0 Å². The Kier molecular flexibility index (Phi) is 6.44. The van der Waals surface area contributed by atoms with Crippen molar-refractivity contribution in [2.45, 2.75) is 6.42 Å². The number of carboxylic acid groups (broad SMARTS) is 2. The van der Waals surface area contributed by atoms with Gasteiger partial charge in [0.05, 0.1) is 11.0 Å². The van der Waals surface area contributed by atoms with Gasteiger partial charge < -0.3 is 19.8 Å². The van der Waals surface area contributed by atoms with Crippen molar-refractivity contribution in [1.82, 2.24) is 9.97 Å². The third kappa shape index (κ3) is 4.51. The van der Waals surface area contributed by atoms with E-state index in [0.29, 0.717) is 0 Å². The molecule has 1 aromatic carbocycles. The molecule has 0 N–H and O–H groups in total. The maximum atomic E-state index is 9.28. The number of aliphatic carboxylic acids is 2. The summed E-state index contributed by atoms with van der Waals surface area (Å²) in [5.74, 6) is -3.25. The van der Waals surface area contributed by atoms with Gasteiger partial charge in [0, 0.05) is 41.5 Å². The number of carbonyl (C=O) groups is 2. The number of carboxylic acids is 2. The van der Waals surface area contributed by atoms with Crippen LogP contribution in [0.2, 0.25) is 0 Å². The van der Waals surface area contributed by atoms with E-state index in [1.54, 1.807) is 12.4 Å². The molecule has 0 aliphatic heterocycles. The molecule has 2 heterocycles. The molecule has 3 aromatic rings. The predicted molar refractivity (Wildman–Crippen MR) is 71.7 cm³/mol. The Balaban J connectivity index is 0.000000264. The smallest absolute Gasteiger partial charge is 0.550 e. The number of hydrogen-bond acceptors (Lipinski definition) is 6. The van der Waals surface area contributed by atoms with Gasteiger partial charge in [0.2, 0.25) is 0 Å². The van der Waals surface area contributed by atoms with Crippen molar-refractivity contribution in [2.24, 2.45) is 0 Å². The summed E-state index contributed by atoms with van der Waals surface area (Å²) < 4.78 is 0. The van der Waals surface area contributed by atoms with Crippen LogP contribution in [0.15, 0.2) is 48.8 Å². The van der Waals surface area contributed by atoms with Crippen molar-refractivity contribution in [3.63, 3.8) is 0 Å². The Bertz CT molecular complexity index is 741. The van der Waals surface area contributed by atoms with Gasteiger partial charge in [0.25, 0.3) is 0 Å². The minimum atomic E-state index is -1.63. The maximum absolute atomic E-state index is 9.28. The molecule has 2 aromatic heterocycles. The summed E-state index contributed by atoms with van der Waals surface area (Å²) in [6, 6.07) is 12.1. The molecular formula is C15H10CuN2O4. The number of benzene rings is 1. The van der Waals surface area contributed by atoms with E-state index >= 15 is 0 Å². The molecule has 6 nitrogen and oxygen atoms in total. The molecule has 0 unspecified atom stereocenters. The third-order valence-corrected chi connectivity index (χ3v) is 2.63. The number of hydrogen-bond donors (Lipinski definition) is 0. The molecular weight excluding hydrogens is 336 g/mol. The summed E-state index contributed by atoms with van der Waals surface area (Å²) in [6.07, 6.45) is 2.58. The minimum Gasteiger partial charge on any atom is -0.550 e. The van der Waals surface area contributed by atoms with E-state index in [-0.39, 0.29) is 17.1 Å². The Hall–Kier alpha value is -2.50. The molecule has 0 saturated heterocycles. The van der Waals surface area contributed by atoms with Gasteiger partial charge in [0.15, 0.2) is 0 Å². The molecule has 0 atom stereocenters. The zero-order valence-electron chi connectivity index (χ0n) is 11.2. The van der Waals surface area contributed by atoms with Gasteiger partial charge in [-0.1, -0.05) is 24.3 Å². The summed E-state index contributed by atoms with van der Waals surface area (Å²) in [5, 5.41) is 20.8. The van der Waals surface area contributed by atoms with Crippen LogP contribution in [0.1, 0.15) is 6.42 Å². The first-order valence-corrected chi connectivity index (χ1v) is 6.06. The number of aromatic nitrogens is 2. The van der Waals surface area contributed by atoms with Crippen LogP contribution in [0, 0.1) is 0 Å². The second kappa shape index (κ2) is 8.07. The van der Waals surface area contributed by atoms with Gasteiger partial charge in [0.1, 0.15) is 0 Å². The van der Waals surface area contributed by atoms with E-state index in [2.05, 4.69) is 34.2 Å². The number of carbonyl (C=O) groups excluding carboxylic acids is 2. The van der Waals surface area contributed by atoms with Crippen LogP contribution >= 0.6 is 0 Å². The standard InChI is InChI=1S/C12H8N2.C3H4O4.Cu/c1-3-9-5-6-10-4-2-8-14-12(10)11(9)13-7-1;4-2(5)1-3(6)7;/h1-8H;1H2,(H,4,5)(H,6,7);/q;;+2/p-2. The first-order chi connectivity index (χ1) is 10.1. The number of fused-ring (bicyclic) bond motifs is 3. The zero-order chi connectivity index (χ0) is 15.2. The van der Waals surface area contributed by atoms with Crippen LogP contribution in [0.5, 0.6) is 0 Å². The Morgan fingerprint density at radius 1 is 0.818 bits per heavy atom. The molecule has 0 saturated carbocycles. The number of nitrogens with zero attached hydrogens (tertiary/aromatic N) is 2. The van der Waals surface area contributed by atoms with E-state index in [9.17, 15) is 19.8 Å². The zero-order valence-corrected chi connectivity index (χ0v) is 12.1. The van der Waals surface area contributed by atoms with Crippen molar-refractivity contribution < 1.29 is 36.9 Å². The summed E-state index contributed by atoms with van der Waals surface area (Å²) >= 11 is 0. The second-order valence-corrected chi connectivity index (χ2v) is 4.14. The van der Waals surface area contributed by atoms with Crippen LogP contribution in [0.25, 0.3) is 21.8 Å². The van der Waals surface area contributed by atoms with Gasteiger partial charge in [-0.25, -0.2) is 0 Å². The fourth-order valence-corrected chi connectivity index (χ4v) is 1.80. The fraction of sp³-hybridized carbons (Fsp3) is 0.0667. The molecule has 7 heteroatoms. The number of rotatable bonds is 2. The van der Waals surface area contributed by atoms with E-state index < -0.39 is 18.4 Å². The Labute approximate surface area is 136 Å². The topological polar surface area (TPSA) is 106 Å². The monoisotopic (exact) mass is 345 g/mol. The van der Waals surface area contributed by atoms with Gasteiger partial charge in [-0.2, -0.15) is 0 Å². The SMILES string of the molecule is O=C([O-])CC(=O)[O-].[Cu+2].c1cnc2c(c1)ccc1cccnc12. The fourth-order valence-electron chi connectivity index (χ4n) is 1.80. The summed E-state index contributed by atoms with van der Waals surface area (Å²) in [4.78, 5) is 27.2. The molecule has 22 heavy (non-hydrogen) atoms. The number of pyridine rings is 2. The van der Waals surface area contributed by atoms with E-state index in [1.165, 1.54) is 0 Å². The van der Waals surface area contributed by atoms with Crippen LogP contribution < -0.4 is 10.2 Å². The van der Waals surface area contributed by atoms with Gasteiger partial charge in [-0.15, -0.1) is 0 Å². The average Bonchev–Trinajstić information content (AvgIpc) is 2.46. The molecule has 0 amide bonds. The first kappa shape index (κ1) is 17.6. The summed E-state index contributed by atoms with van der Waals surface area (Å²) in [5.41, 5.74) is 1.95. The Morgan fingerprint density at radius 3 is 1.55 bits per heavy atom. The van der Waals surface area contributed by atoms with Gasteiger partial charge in [-0.3, -0.25) is 9.97 Å². The molecule has 115 valence electrons. The van der Waals surface area contributed by atoms with Crippen LogP contribution in [-0.4, -0.2) is 21.9 Å². The maximum Gasteiger partial charge on any atom is 2.00 e. The van der Waals surface area contributed by atoms with E-state index in [4.69, 9.17) is 0 Å². The van der Waals surface area contributed by atoms with Crippen molar-refractivity contribution in [3.05, 3.63) is 48.8 Å². The van der Waals surface area contributed by atoms with Crippen LogP contribution in [-0.2, 0) is 26.7 Å². The summed E-state index contributed by atoms with van der Waals surface area (Å²) in [7, 11) is 0. The largest absolute Gasteiger partial charge is 2.00 e. The molecule has 0 fully saturated rings. The summed E-state index contributed by atoms with van der Waals surface area (Å²) in [6.45, 7) is 0. The average molecular weight is 346 g/mol. The van der Waals surface area contributed by atoms with Gasteiger partial charge >= 0.3 is 17.1 Å². The van der Waals surface area contributed by atoms with E-state index in [1.807, 2.05) is 12.1 Å². The van der Waals surface area contributed by atoms with E-state index in [0.717, 1.165) is 21.8 Å². The molecule has 0 aliphatic rings. The second-order valence-electron chi connectivity index (χ2n) is 4.14. The molecule has 0 aliphatic carbocycles.